The summed E-state index contributed by atoms with van der Waals surface area (Å²) in [6.07, 6.45) is 0. The Morgan fingerprint density at radius 3 is 2.65 bits per heavy atom. The number of hydrogen-bond acceptors (Lipinski definition) is 4. The van der Waals surface area contributed by atoms with Gasteiger partial charge in [0.25, 0.3) is 0 Å². The molecule has 0 fully saturated rings. The van der Waals surface area contributed by atoms with Gasteiger partial charge in [0.1, 0.15) is 19.0 Å². The van der Waals surface area contributed by atoms with E-state index < -0.39 is 12.6 Å². The van der Waals surface area contributed by atoms with Gasteiger partial charge in [-0.1, -0.05) is 6.07 Å². The Morgan fingerprint density at radius 2 is 2.06 bits per heavy atom. The van der Waals surface area contributed by atoms with Gasteiger partial charge < -0.3 is 14.2 Å². The van der Waals surface area contributed by atoms with Crippen LogP contribution in [0, 0.1) is 0 Å². The first-order valence-electron chi connectivity index (χ1n) is 5.12. The Bertz CT molecular complexity index is 379. The third-order valence-electron chi connectivity index (χ3n) is 2.22. The minimum absolute atomic E-state index is 0.185. The van der Waals surface area contributed by atoms with Crippen LogP contribution in [-0.4, -0.2) is 33.4 Å². The molecule has 0 aliphatic rings. The average Bonchev–Trinajstić information content (AvgIpc) is 2.37. The Morgan fingerprint density at radius 1 is 1.29 bits per heavy atom. The Labute approximate surface area is 99.3 Å². The summed E-state index contributed by atoms with van der Waals surface area (Å²) >= 11 is 0. The van der Waals surface area contributed by atoms with Crippen LogP contribution in [0.4, 0.5) is 4.39 Å². The van der Waals surface area contributed by atoms with E-state index in [1.54, 1.807) is 19.2 Å². The molecule has 0 atom stereocenters. The summed E-state index contributed by atoms with van der Waals surface area (Å²) in [4.78, 5) is 11.4. The lowest BCUT2D eigenvalue weighted by atomic mass is 10.1. The summed E-state index contributed by atoms with van der Waals surface area (Å²) in [6.45, 7) is -0.0874. The molecule has 0 N–H and O–H groups in total. The first kappa shape index (κ1) is 13.4. The van der Waals surface area contributed by atoms with Crippen LogP contribution in [0.2, 0.25) is 0 Å². The number of halogens is 1. The van der Waals surface area contributed by atoms with E-state index in [0.717, 1.165) is 0 Å². The Hall–Kier alpha value is -1.62. The van der Waals surface area contributed by atoms with Gasteiger partial charge in [-0.05, 0) is 12.1 Å². The van der Waals surface area contributed by atoms with Gasteiger partial charge in [0.2, 0.25) is 0 Å². The fraction of sp³-hybridized carbons (Fsp3) is 0.417. The lowest BCUT2D eigenvalue weighted by molar-refractivity contribution is 0.0597. The molecule has 0 aliphatic heterocycles. The molecule has 4 nitrogen and oxygen atoms in total. The van der Waals surface area contributed by atoms with Crippen molar-refractivity contribution in [2.45, 2.75) is 6.67 Å². The molecular weight excluding hydrogens is 227 g/mol. The maximum absolute atomic E-state index is 12.9. The monoisotopic (exact) mass is 242 g/mol. The lowest BCUT2D eigenvalue weighted by Gasteiger charge is -2.12. The maximum Gasteiger partial charge on any atom is 0.338 e. The van der Waals surface area contributed by atoms with Crippen molar-refractivity contribution in [3.05, 3.63) is 29.3 Å². The first-order chi connectivity index (χ1) is 8.24. The molecule has 0 heterocycles. The van der Waals surface area contributed by atoms with Crippen molar-refractivity contribution in [2.75, 3.05) is 27.4 Å². The highest BCUT2D eigenvalue weighted by Gasteiger charge is 2.15. The van der Waals surface area contributed by atoms with Crippen molar-refractivity contribution in [1.82, 2.24) is 0 Å². The highest BCUT2D eigenvalue weighted by Crippen LogP contribution is 2.24. The molecule has 0 aliphatic carbocycles. The van der Waals surface area contributed by atoms with Crippen LogP contribution in [0.3, 0.4) is 0 Å². The van der Waals surface area contributed by atoms with Gasteiger partial charge in [0, 0.05) is 12.7 Å². The number of benzene rings is 1. The molecule has 1 rings (SSSR count). The Kier molecular flexibility index (Phi) is 5.42. The van der Waals surface area contributed by atoms with Crippen LogP contribution in [0.25, 0.3) is 0 Å². The minimum atomic E-state index is -0.784. The molecule has 1 aromatic rings. The molecule has 17 heavy (non-hydrogen) atoms. The van der Waals surface area contributed by atoms with E-state index in [-0.39, 0.29) is 11.1 Å². The second-order valence-electron chi connectivity index (χ2n) is 3.25. The fourth-order valence-electron chi connectivity index (χ4n) is 1.37. The average molecular weight is 242 g/mol. The largest absolute Gasteiger partial charge is 0.491 e. The van der Waals surface area contributed by atoms with Crippen LogP contribution >= 0.6 is 0 Å². The maximum atomic E-state index is 12.9. The normalized spacial score (nSPS) is 10.1. The van der Waals surface area contributed by atoms with Crippen LogP contribution in [0.1, 0.15) is 15.9 Å². The third-order valence-corrected chi connectivity index (χ3v) is 2.22. The van der Waals surface area contributed by atoms with E-state index in [1.807, 2.05) is 0 Å². The molecule has 0 amide bonds. The molecule has 1 aromatic carbocycles. The van der Waals surface area contributed by atoms with Crippen LogP contribution in [0.15, 0.2) is 18.2 Å². The van der Waals surface area contributed by atoms with E-state index in [4.69, 9.17) is 9.47 Å². The molecule has 0 spiro atoms. The SMILES string of the molecule is COCCOc1cccc(C(=O)OC)c1CF. The zero-order valence-corrected chi connectivity index (χ0v) is 9.86. The number of alkyl halides is 1. The number of ether oxygens (including phenoxy) is 3. The highest BCUT2D eigenvalue weighted by molar-refractivity contribution is 5.91. The van der Waals surface area contributed by atoms with Crippen molar-refractivity contribution in [3.8, 4) is 5.75 Å². The topological polar surface area (TPSA) is 44.8 Å². The van der Waals surface area contributed by atoms with Crippen molar-refractivity contribution in [1.29, 1.82) is 0 Å². The van der Waals surface area contributed by atoms with Crippen molar-refractivity contribution in [2.24, 2.45) is 0 Å². The van der Waals surface area contributed by atoms with Gasteiger partial charge in [0.15, 0.2) is 0 Å². The van der Waals surface area contributed by atoms with Gasteiger partial charge in [-0.25, -0.2) is 9.18 Å². The summed E-state index contributed by atoms with van der Waals surface area (Å²) in [5.41, 5.74) is 0.389. The molecule has 0 saturated heterocycles. The number of hydrogen-bond donors (Lipinski definition) is 0. The number of carbonyl (C=O) groups is 1. The molecular formula is C12H15FO4. The first-order valence-corrected chi connectivity index (χ1v) is 5.12. The third kappa shape index (κ3) is 3.42. The standard InChI is InChI=1S/C12H15FO4/c1-15-6-7-17-11-5-3-4-9(10(11)8-13)12(14)16-2/h3-5H,6-8H2,1-2H3. The van der Waals surface area contributed by atoms with Gasteiger partial charge in [-0.2, -0.15) is 0 Å². The molecule has 5 heteroatoms. The number of carbonyl (C=O) groups excluding carboxylic acids is 1. The second kappa shape index (κ2) is 6.85. The van der Waals surface area contributed by atoms with Crippen LogP contribution in [0.5, 0.6) is 5.75 Å². The second-order valence-corrected chi connectivity index (χ2v) is 3.25. The van der Waals surface area contributed by atoms with Crippen LogP contribution in [-0.2, 0) is 16.1 Å². The number of methoxy groups -OCH3 is 2. The van der Waals surface area contributed by atoms with Crippen molar-refractivity contribution >= 4 is 5.97 Å². The van der Waals surface area contributed by atoms with Gasteiger partial charge >= 0.3 is 5.97 Å². The minimum Gasteiger partial charge on any atom is -0.491 e. The molecule has 0 bridgehead atoms. The Balaban J connectivity index is 2.93. The molecule has 0 aromatic heterocycles. The zero-order chi connectivity index (χ0) is 12.7. The molecule has 0 saturated carbocycles. The molecule has 94 valence electrons. The molecule has 0 unspecified atom stereocenters. The zero-order valence-electron chi connectivity index (χ0n) is 9.86. The highest BCUT2D eigenvalue weighted by atomic mass is 19.1. The quantitative estimate of drug-likeness (QED) is 0.565. The fourth-order valence-corrected chi connectivity index (χ4v) is 1.37. The molecule has 0 radical (unpaired) electrons. The predicted molar refractivity (Wildman–Crippen MR) is 60.0 cm³/mol. The summed E-state index contributed by atoms with van der Waals surface area (Å²) in [6, 6.07) is 4.73. The van der Waals surface area contributed by atoms with E-state index in [2.05, 4.69) is 4.74 Å². The summed E-state index contributed by atoms with van der Waals surface area (Å²) < 4.78 is 27.7. The number of esters is 1. The van der Waals surface area contributed by atoms with Crippen LogP contribution < -0.4 is 4.74 Å². The van der Waals surface area contributed by atoms with E-state index in [0.29, 0.717) is 19.0 Å². The predicted octanol–water partition coefficient (Wildman–Crippen LogP) is 1.97. The number of rotatable bonds is 6. The smallest absolute Gasteiger partial charge is 0.338 e. The van der Waals surface area contributed by atoms with E-state index >= 15 is 0 Å². The van der Waals surface area contributed by atoms with Gasteiger partial charge in [0.05, 0.1) is 19.3 Å². The van der Waals surface area contributed by atoms with Gasteiger partial charge in [-0.3, -0.25) is 0 Å². The van der Waals surface area contributed by atoms with Crippen molar-refractivity contribution < 1.29 is 23.4 Å². The summed E-state index contributed by atoms with van der Waals surface area (Å²) in [5.74, 6) is -0.234. The van der Waals surface area contributed by atoms with Crippen molar-refractivity contribution in [3.63, 3.8) is 0 Å². The van der Waals surface area contributed by atoms with Gasteiger partial charge in [-0.15, -0.1) is 0 Å². The lowest BCUT2D eigenvalue weighted by Crippen LogP contribution is -2.10. The summed E-state index contributed by atoms with van der Waals surface area (Å²) in [7, 11) is 2.80. The van der Waals surface area contributed by atoms with E-state index in [1.165, 1.54) is 13.2 Å². The van der Waals surface area contributed by atoms with E-state index in [9.17, 15) is 9.18 Å². The summed E-state index contributed by atoms with van der Waals surface area (Å²) in [5, 5.41) is 0.